The molecule has 0 aromatic heterocycles. The van der Waals surface area contributed by atoms with Crippen LogP contribution >= 0.6 is 23.5 Å². The molecule has 0 saturated carbocycles. The lowest BCUT2D eigenvalue weighted by atomic mass is 10.2. The average Bonchev–Trinajstić information content (AvgIpc) is 2.89. The van der Waals surface area contributed by atoms with Crippen molar-refractivity contribution in [3.8, 4) is 0 Å². The molecule has 2 rings (SSSR count). The largest absolute Gasteiger partial charge is 0.468 e. The number of imide groups is 2. The molecule has 2 atom stereocenters. The first-order valence-electron chi connectivity index (χ1n) is 5.79. The summed E-state index contributed by atoms with van der Waals surface area (Å²) in [5.74, 6) is -3.15. The number of urea groups is 1. The van der Waals surface area contributed by atoms with E-state index in [1.54, 1.807) is 0 Å². The molecule has 0 radical (unpaired) electrons. The van der Waals surface area contributed by atoms with Crippen LogP contribution in [0.5, 0.6) is 0 Å². The van der Waals surface area contributed by atoms with Crippen LogP contribution in [0.2, 0.25) is 0 Å². The fourth-order valence-corrected chi connectivity index (χ4v) is 4.83. The molecule has 0 bridgehead atoms. The zero-order valence-corrected chi connectivity index (χ0v) is 13.0. The van der Waals surface area contributed by atoms with Crippen LogP contribution in [0.15, 0.2) is 9.81 Å². The molecular formula is C11H10N2O7S2. The SMILES string of the molecule is COC(=O)[C@H]1SC(=C2C(=O)NC(=O)NC2=O)S[C@@H]1C(=O)OC. The summed E-state index contributed by atoms with van der Waals surface area (Å²) in [7, 11) is 2.32. The van der Waals surface area contributed by atoms with Crippen LogP contribution in [0.4, 0.5) is 4.79 Å². The Bertz CT molecular complexity index is 568. The lowest BCUT2D eigenvalue weighted by Crippen LogP contribution is -2.51. The van der Waals surface area contributed by atoms with Gasteiger partial charge in [-0.1, -0.05) is 0 Å². The second-order valence-electron chi connectivity index (χ2n) is 4.02. The summed E-state index contributed by atoms with van der Waals surface area (Å²) in [5.41, 5.74) is -0.324. The Morgan fingerprint density at radius 2 is 1.32 bits per heavy atom. The Kier molecular flexibility index (Phi) is 4.76. The molecule has 0 aliphatic carbocycles. The van der Waals surface area contributed by atoms with E-state index in [-0.39, 0.29) is 9.81 Å². The van der Waals surface area contributed by atoms with E-state index in [1.165, 1.54) is 0 Å². The third kappa shape index (κ3) is 2.95. The smallest absolute Gasteiger partial charge is 0.328 e. The summed E-state index contributed by atoms with van der Waals surface area (Å²) < 4.78 is 9.36. The number of amides is 4. The van der Waals surface area contributed by atoms with Gasteiger partial charge >= 0.3 is 18.0 Å². The topological polar surface area (TPSA) is 128 Å². The molecule has 2 aliphatic rings. The first-order valence-corrected chi connectivity index (χ1v) is 7.55. The summed E-state index contributed by atoms with van der Waals surface area (Å²) >= 11 is 1.69. The highest BCUT2D eigenvalue weighted by Crippen LogP contribution is 2.49. The molecule has 2 heterocycles. The van der Waals surface area contributed by atoms with Crippen LogP contribution in [-0.4, -0.2) is 54.5 Å². The van der Waals surface area contributed by atoms with Gasteiger partial charge in [-0.05, 0) is 0 Å². The monoisotopic (exact) mass is 346 g/mol. The van der Waals surface area contributed by atoms with Crippen molar-refractivity contribution in [2.24, 2.45) is 0 Å². The fraction of sp³-hybridized carbons (Fsp3) is 0.364. The number of thioether (sulfide) groups is 2. The van der Waals surface area contributed by atoms with Crippen molar-refractivity contribution in [1.29, 1.82) is 0 Å². The summed E-state index contributed by atoms with van der Waals surface area (Å²) in [6.45, 7) is 0. The van der Waals surface area contributed by atoms with Crippen molar-refractivity contribution >= 4 is 53.3 Å². The quantitative estimate of drug-likeness (QED) is 0.372. The third-order valence-electron chi connectivity index (χ3n) is 2.72. The first kappa shape index (κ1) is 16.4. The maximum absolute atomic E-state index is 11.8. The van der Waals surface area contributed by atoms with Gasteiger partial charge in [0.2, 0.25) is 0 Å². The molecule has 11 heteroatoms. The van der Waals surface area contributed by atoms with Crippen LogP contribution in [0.25, 0.3) is 0 Å². The first-order chi connectivity index (χ1) is 10.4. The molecule has 22 heavy (non-hydrogen) atoms. The Morgan fingerprint density at radius 1 is 0.909 bits per heavy atom. The number of barbiturate groups is 1. The highest BCUT2D eigenvalue weighted by molar-refractivity contribution is 8.26. The predicted molar refractivity (Wildman–Crippen MR) is 75.5 cm³/mol. The van der Waals surface area contributed by atoms with E-state index in [0.717, 1.165) is 37.7 Å². The average molecular weight is 346 g/mol. The maximum atomic E-state index is 11.8. The second kappa shape index (κ2) is 6.40. The van der Waals surface area contributed by atoms with Crippen LogP contribution in [0.1, 0.15) is 0 Å². The maximum Gasteiger partial charge on any atom is 0.328 e. The van der Waals surface area contributed by atoms with Gasteiger partial charge in [0.1, 0.15) is 16.1 Å². The molecule has 9 nitrogen and oxygen atoms in total. The summed E-state index contributed by atoms with van der Waals surface area (Å²) in [6.07, 6.45) is 0. The molecule has 118 valence electrons. The van der Waals surface area contributed by atoms with Gasteiger partial charge < -0.3 is 9.47 Å². The van der Waals surface area contributed by atoms with Gasteiger partial charge in [0.25, 0.3) is 11.8 Å². The number of esters is 2. The number of carbonyl (C=O) groups is 5. The van der Waals surface area contributed by atoms with E-state index < -0.39 is 40.3 Å². The third-order valence-corrected chi connectivity index (χ3v) is 5.75. The predicted octanol–water partition coefficient (Wildman–Crippen LogP) is -0.873. The van der Waals surface area contributed by atoms with Gasteiger partial charge in [-0.3, -0.25) is 29.8 Å². The van der Waals surface area contributed by atoms with Crippen LogP contribution in [0.3, 0.4) is 0 Å². The summed E-state index contributed by atoms with van der Waals surface area (Å²) in [5, 5.41) is 1.94. The zero-order valence-electron chi connectivity index (χ0n) is 11.3. The highest BCUT2D eigenvalue weighted by atomic mass is 32.2. The normalized spacial score (nSPS) is 24.7. The van der Waals surface area contributed by atoms with Gasteiger partial charge in [0, 0.05) is 0 Å². The van der Waals surface area contributed by atoms with E-state index in [4.69, 9.17) is 0 Å². The van der Waals surface area contributed by atoms with Crippen molar-refractivity contribution in [2.45, 2.75) is 10.5 Å². The van der Waals surface area contributed by atoms with Crippen LogP contribution in [-0.2, 0) is 28.7 Å². The molecule has 2 fully saturated rings. The molecule has 0 unspecified atom stereocenters. The molecule has 0 aromatic rings. The van der Waals surface area contributed by atoms with Crippen molar-refractivity contribution in [3.63, 3.8) is 0 Å². The minimum Gasteiger partial charge on any atom is -0.468 e. The van der Waals surface area contributed by atoms with Crippen molar-refractivity contribution in [3.05, 3.63) is 9.81 Å². The number of rotatable bonds is 2. The molecular weight excluding hydrogens is 336 g/mol. The molecule has 4 amide bonds. The van der Waals surface area contributed by atoms with Crippen LogP contribution in [0, 0.1) is 0 Å². The Morgan fingerprint density at radius 3 is 1.68 bits per heavy atom. The van der Waals surface area contributed by atoms with E-state index in [1.807, 2.05) is 10.6 Å². The molecule has 0 spiro atoms. The van der Waals surface area contributed by atoms with Gasteiger partial charge in [-0.15, -0.1) is 23.5 Å². The van der Waals surface area contributed by atoms with Crippen molar-refractivity contribution in [1.82, 2.24) is 10.6 Å². The van der Waals surface area contributed by atoms with Crippen LogP contribution < -0.4 is 10.6 Å². The number of ether oxygens (including phenoxy) is 2. The molecule has 2 saturated heterocycles. The summed E-state index contributed by atoms with van der Waals surface area (Å²) in [4.78, 5) is 58.1. The lowest BCUT2D eigenvalue weighted by Gasteiger charge is -2.15. The number of nitrogens with one attached hydrogen (secondary N) is 2. The highest BCUT2D eigenvalue weighted by Gasteiger charge is 2.47. The number of methoxy groups -OCH3 is 2. The molecule has 0 aromatic carbocycles. The van der Waals surface area contributed by atoms with E-state index >= 15 is 0 Å². The van der Waals surface area contributed by atoms with E-state index in [2.05, 4.69) is 9.47 Å². The van der Waals surface area contributed by atoms with Gasteiger partial charge in [-0.2, -0.15) is 0 Å². The Labute approximate surface area is 132 Å². The minimum absolute atomic E-state index is 0.147. The fourth-order valence-electron chi connectivity index (χ4n) is 1.73. The number of carbonyl (C=O) groups excluding carboxylic acids is 5. The molecule has 2 N–H and O–H groups in total. The van der Waals surface area contributed by atoms with Gasteiger partial charge in [-0.25, -0.2) is 4.79 Å². The Balaban J connectivity index is 2.37. The van der Waals surface area contributed by atoms with Crippen molar-refractivity contribution < 1.29 is 33.4 Å². The van der Waals surface area contributed by atoms with Gasteiger partial charge in [0.05, 0.1) is 18.5 Å². The van der Waals surface area contributed by atoms with E-state index in [0.29, 0.717) is 0 Å². The van der Waals surface area contributed by atoms with Crippen molar-refractivity contribution in [2.75, 3.05) is 14.2 Å². The minimum atomic E-state index is -0.955. The number of hydrogen-bond donors (Lipinski definition) is 2. The molecule has 2 aliphatic heterocycles. The summed E-state index contributed by atoms with van der Waals surface area (Å²) in [6, 6.07) is -0.929. The van der Waals surface area contributed by atoms with E-state index in [9.17, 15) is 24.0 Å². The standard InChI is InChI=1S/C11H10N2O7S2/c1-19-8(16)4-5(9(17)20-2)22-10(21-4)3-6(14)12-11(18)13-7(3)15/h4-5H,1-2H3,(H2,12,13,14,15,18)/t4-,5-/m0/s1. The Hall–Kier alpha value is -2.01. The number of hydrogen-bond acceptors (Lipinski definition) is 9. The van der Waals surface area contributed by atoms with Gasteiger partial charge in [0.15, 0.2) is 0 Å². The lowest BCUT2D eigenvalue weighted by molar-refractivity contribution is -0.145. The zero-order chi connectivity index (χ0) is 16.4. The second-order valence-corrected chi connectivity index (χ2v) is 6.59.